The van der Waals surface area contributed by atoms with Crippen LogP contribution in [0, 0.1) is 0 Å². The monoisotopic (exact) mass is 218 g/mol. The highest BCUT2D eigenvalue weighted by atomic mass is 16.6. The Morgan fingerprint density at radius 1 is 1.20 bits per heavy atom. The SMILES string of the molecule is COCC(COC)OCC1CCCCO1. The summed E-state index contributed by atoms with van der Waals surface area (Å²) in [5.41, 5.74) is 0. The second kappa shape index (κ2) is 8.05. The van der Waals surface area contributed by atoms with Crippen LogP contribution in [0.4, 0.5) is 0 Å². The molecule has 0 aromatic heterocycles. The molecule has 0 aromatic rings. The van der Waals surface area contributed by atoms with Crippen LogP contribution in [-0.4, -0.2) is 52.9 Å². The van der Waals surface area contributed by atoms with Gasteiger partial charge in [-0.05, 0) is 19.3 Å². The van der Waals surface area contributed by atoms with Crippen LogP contribution >= 0.6 is 0 Å². The third-order valence-electron chi connectivity index (χ3n) is 2.50. The minimum Gasteiger partial charge on any atom is -0.382 e. The highest BCUT2D eigenvalue weighted by molar-refractivity contribution is 4.64. The predicted molar refractivity (Wildman–Crippen MR) is 57.1 cm³/mol. The summed E-state index contributed by atoms with van der Waals surface area (Å²) in [5, 5.41) is 0. The van der Waals surface area contributed by atoms with E-state index in [0.717, 1.165) is 13.0 Å². The van der Waals surface area contributed by atoms with E-state index in [1.807, 2.05) is 0 Å². The highest BCUT2D eigenvalue weighted by Crippen LogP contribution is 2.13. The van der Waals surface area contributed by atoms with Crippen molar-refractivity contribution in [1.82, 2.24) is 0 Å². The maximum Gasteiger partial charge on any atom is 0.104 e. The molecular weight excluding hydrogens is 196 g/mol. The number of ether oxygens (including phenoxy) is 4. The van der Waals surface area contributed by atoms with Crippen LogP contribution in [-0.2, 0) is 18.9 Å². The molecule has 1 aliphatic heterocycles. The largest absolute Gasteiger partial charge is 0.382 e. The summed E-state index contributed by atoms with van der Waals surface area (Å²) < 4.78 is 21.4. The normalized spacial score (nSPS) is 22.2. The lowest BCUT2D eigenvalue weighted by Gasteiger charge is -2.24. The summed E-state index contributed by atoms with van der Waals surface area (Å²) in [6.07, 6.45) is 3.80. The first-order valence-electron chi connectivity index (χ1n) is 5.58. The maximum atomic E-state index is 5.69. The first-order chi connectivity index (χ1) is 7.36. The third-order valence-corrected chi connectivity index (χ3v) is 2.50. The molecule has 1 saturated heterocycles. The summed E-state index contributed by atoms with van der Waals surface area (Å²) >= 11 is 0. The Kier molecular flexibility index (Phi) is 6.92. The fraction of sp³-hybridized carbons (Fsp3) is 1.00. The van der Waals surface area contributed by atoms with E-state index in [1.165, 1.54) is 12.8 Å². The van der Waals surface area contributed by atoms with E-state index in [1.54, 1.807) is 14.2 Å². The summed E-state index contributed by atoms with van der Waals surface area (Å²) in [6, 6.07) is 0. The summed E-state index contributed by atoms with van der Waals surface area (Å²) in [5.74, 6) is 0. The predicted octanol–water partition coefficient (Wildman–Crippen LogP) is 1.23. The van der Waals surface area contributed by atoms with Crippen LogP contribution < -0.4 is 0 Å². The van der Waals surface area contributed by atoms with Gasteiger partial charge in [0.15, 0.2) is 0 Å². The minimum absolute atomic E-state index is 0.0190. The molecule has 0 amide bonds. The van der Waals surface area contributed by atoms with Crippen molar-refractivity contribution in [2.45, 2.75) is 31.5 Å². The zero-order valence-electron chi connectivity index (χ0n) is 9.74. The van der Waals surface area contributed by atoms with Crippen LogP contribution in [0.15, 0.2) is 0 Å². The molecule has 0 N–H and O–H groups in total. The first-order valence-corrected chi connectivity index (χ1v) is 5.58. The molecule has 1 atom stereocenters. The molecular formula is C11H22O4. The molecule has 1 rings (SSSR count). The Bertz CT molecular complexity index is 140. The average molecular weight is 218 g/mol. The van der Waals surface area contributed by atoms with Crippen LogP contribution in [0.3, 0.4) is 0 Å². The first kappa shape index (κ1) is 12.9. The van der Waals surface area contributed by atoms with Crippen molar-refractivity contribution in [1.29, 1.82) is 0 Å². The lowest BCUT2D eigenvalue weighted by atomic mass is 10.1. The Morgan fingerprint density at radius 3 is 2.47 bits per heavy atom. The van der Waals surface area contributed by atoms with Gasteiger partial charge >= 0.3 is 0 Å². The smallest absolute Gasteiger partial charge is 0.104 e. The Hall–Kier alpha value is -0.160. The molecule has 1 aliphatic rings. The zero-order chi connectivity index (χ0) is 10.9. The van der Waals surface area contributed by atoms with Crippen molar-refractivity contribution in [3.05, 3.63) is 0 Å². The number of hydrogen-bond donors (Lipinski definition) is 0. The van der Waals surface area contributed by atoms with Crippen molar-refractivity contribution in [2.24, 2.45) is 0 Å². The summed E-state index contributed by atoms with van der Waals surface area (Å²) in [6.45, 7) is 2.66. The van der Waals surface area contributed by atoms with Gasteiger partial charge in [-0.15, -0.1) is 0 Å². The fourth-order valence-corrected chi connectivity index (χ4v) is 1.70. The standard InChI is InChI=1S/C11H22O4/c1-12-7-11(8-13-2)15-9-10-5-3-4-6-14-10/h10-11H,3-9H2,1-2H3. The van der Waals surface area contributed by atoms with Crippen molar-refractivity contribution in [2.75, 3.05) is 40.6 Å². The summed E-state index contributed by atoms with van der Waals surface area (Å²) in [7, 11) is 3.34. The van der Waals surface area contributed by atoms with E-state index in [9.17, 15) is 0 Å². The molecule has 0 bridgehead atoms. The quantitative estimate of drug-likeness (QED) is 0.644. The van der Waals surface area contributed by atoms with Crippen LogP contribution in [0.5, 0.6) is 0 Å². The number of rotatable bonds is 7. The van der Waals surface area contributed by atoms with E-state index in [-0.39, 0.29) is 12.2 Å². The van der Waals surface area contributed by atoms with Gasteiger partial charge in [0.05, 0.1) is 25.9 Å². The molecule has 0 spiro atoms. The summed E-state index contributed by atoms with van der Waals surface area (Å²) in [4.78, 5) is 0. The van der Waals surface area contributed by atoms with Gasteiger partial charge in [0.1, 0.15) is 6.10 Å². The van der Waals surface area contributed by atoms with E-state index >= 15 is 0 Å². The molecule has 4 nitrogen and oxygen atoms in total. The van der Waals surface area contributed by atoms with Crippen molar-refractivity contribution >= 4 is 0 Å². The zero-order valence-corrected chi connectivity index (χ0v) is 9.74. The molecule has 0 aromatic carbocycles. The molecule has 15 heavy (non-hydrogen) atoms. The Labute approximate surface area is 91.8 Å². The van der Waals surface area contributed by atoms with Gasteiger partial charge in [-0.2, -0.15) is 0 Å². The molecule has 0 radical (unpaired) electrons. The molecule has 1 unspecified atom stereocenters. The van der Waals surface area contributed by atoms with E-state index < -0.39 is 0 Å². The second-order valence-electron chi connectivity index (χ2n) is 3.85. The lowest BCUT2D eigenvalue weighted by molar-refractivity contribution is -0.0937. The topological polar surface area (TPSA) is 36.9 Å². The van der Waals surface area contributed by atoms with E-state index in [0.29, 0.717) is 19.8 Å². The number of methoxy groups -OCH3 is 2. The van der Waals surface area contributed by atoms with Crippen LogP contribution in [0.1, 0.15) is 19.3 Å². The lowest BCUT2D eigenvalue weighted by Crippen LogP contribution is -2.31. The van der Waals surface area contributed by atoms with Gasteiger partial charge in [-0.25, -0.2) is 0 Å². The maximum absolute atomic E-state index is 5.69. The second-order valence-corrected chi connectivity index (χ2v) is 3.85. The number of hydrogen-bond acceptors (Lipinski definition) is 4. The highest BCUT2D eigenvalue weighted by Gasteiger charge is 2.16. The van der Waals surface area contributed by atoms with Crippen molar-refractivity contribution in [3.8, 4) is 0 Å². The van der Waals surface area contributed by atoms with Crippen LogP contribution in [0.25, 0.3) is 0 Å². The molecule has 4 heteroatoms. The van der Waals surface area contributed by atoms with Crippen molar-refractivity contribution < 1.29 is 18.9 Å². The van der Waals surface area contributed by atoms with Gasteiger partial charge in [0, 0.05) is 20.8 Å². The van der Waals surface area contributed by atoms with Crippen LogP contribution in [0.2, 0.25) is 0 Å². The van der Waals surface area contributed by atoms with Crippen molar-refractivity contribution in [3.63, 3.8) is 0 Å². The third kappa shape index (κ3) is 5.47. The Balaban J connectivity index is 2.13. The fourth-order valence-electron chi connectivity index (χ4n) is 1.70. The van der Waals surface area contributed by atoms with Gasteiger partial charge in [0.25, 0.3) is 0 Å². The van der Waals surface area contributed by atoms with Gasteiger partial charge in [-0.3, -0.25) is 0 Å². The van der Waals surface area contributed by atoms with Gasteiger partial charge in [-0.1, -0.05) is 0 Å². The molecule has 90 valence electrons. The van der Waals surface area contributed by atoms with E-state index in [4.69, 9.17) is 18.9 Å². The minimum atomic E-state index is 0.0190. The molecule has 1 fully saturated rings. The molecule has 0 saturated carbocycles. The molecule has 0 aliphatic carbocycles. The van der Waals surface area contributed by atoms with E-state index in [2.05, 4.69) is 0 Å². The molecule has 1 heterocycles. The Morgan fingerprint density at radius 2 is 1.93 bits per heavy atom. The van der Waals surface area contributed by atoms with Gasteiger partial charge < -0.3 is 18.9 Å². The van der Waals surface area contributed by atoms with Gasteiger partial charge in [0.2, 0.25) is 0 Å². The average Bonchev–Trinajstić information content (AvgIpc) is 2.28.